The standard InChI is InChI=1S/C17H23N5O3S2/c1-11(2)13-4-6-15(7-5-13)22-17(19-20-21-22)26-12(3)16(23)18-14-8-9-27(24,25)10-14/h4-7,11-12,14H,8-10H2,1-3H3,(H,18,23)/t12-,14+/m1/s1. The molecular weight excluding hydrogens is 386 g/mol. The van der Waals surface area contributed by atoms with Crippen LogP contribution in [0.1, 0.15) is 38.7 Å². The first kappa shape index (κ1) is 19.8. The molecule has 1 N–H and O–H groups in total. The van der Waals surface area contributed by atoms with Crippen molar-refractivity contribution in [2.45, 2.75) is 49.6 Å². The van der Waals surface area contributed by atoms with E-state index in [1.807, 2.05) is 24.3 Å². The van der Waals surface area contributed by atoms with E-state index in [1.165, 1.54) is 17.3 Å². The Kier molecular flexibility index (Phi) is 5.85. The number of hydrogen-bond donors (Lipinski definition) is 1. The first-order chi connectivity index (χ1) is 12.7. The molecule has 1 aromatic heterocycles. The molecule has 1 fully saturated rings. The van der Waals surface area contributed by atoms with Gasteiger partial charge >= 0.3 is 0 Å². The molecule has 2 atom stereocenters. The number of amides is 1. The number of carbonyl (C=O) groups excluding carboxylic acids is 1. The summed E-state index contributed by atoms with van der Waals surface area (Å²) in [6, 6.07) is 7.65. The zero-order valence-corrected chi connectivity index (χ0v) is 17.1. The third-order valence-electron chi connectivity index (χ3n) is 4.48. The monoisotopic (exact) mass is 409 g/mol. The highest BCUT2D eigenvalue weighted by molar-refractivity contribution is 8.00. The number of rotatable bonds is 6. The van der Waals surface area contributed by atoms with Gasteiger partial charge < -0.3 is 5.32 Å². The Morgan fingerprint density at radius 3 is 2.56 bits per heavy atom. The largest absolute Gasteiger partial charge is 0.351 e. The highest BCUT2D eigenvalue weighted by atomic mass is 32.2. The van der Waals surface area contributed by atoms with Crippen molar-refractivity contribution in [3.8, 4) is 5.69 Å². The maximum absolute atomic E-state index is 12.4. The summed E-state index contributed by atoms with van der Waals surface area (Å²) >= 11 is 1.24. The van der Waals surface area contributed by atoms with Crippen molar-refractivity contribution in [2.24, 2.45) is 0 Å². The van der Waals surface area contributed by atoms with Crippen LogP contribution in [0.5, 0.6) is 0 Å². The van der Waals surface area contributed by atoms with Gasteiger partial charge in [0.05, 0.1) is 22.4 Å². The van der Waals surface area contributed by atoms with E-state index in [0.29, 0.717) is 17.5 Å². The maximum Gasteiger partial charge on any atom is 0.233 e. The van der Waals surface area contributed by atoms with Crippen molar-refractivity contribution in [1.29, 1.82) is 0 Å². The van der Waals surface area contributed by atoms with Gasteiger partial charge in [-0.1, -0.05) is 37.7 Å². The molecule has 27 heavy (non-hydrogen) atoms. The SMILES string of the molecule is CC(C)c1ccc(-n2nnnc2S[C@H](C)C(=O)N[C@H]2CCS(=O)(=O)C2)cc1. The van der Waals surface area contributed by atoms with Crippen molar-refractivity contribution in [1.82, 2.24) is 25.5 Å². The molecule has 0 spiro atoms. The third kappa shape index (κ3) is 4.86. The van der Waals surface area contributed by atoms with Gasteiger partial charge in [0.15, 0.2) is 9.84 Å². The minimum atomic E-state index is -3.03. The summed E-state index contributed by atoms with van der Waals surface area (Å²) in [5, 5.41) is 14.6. The molecule has 0 radical (unpaired) electrons. The number of aromatic nitrogens is 4. The van der Waals surface area contributed by atoms with E-state index >= 15 is 0 Å². The van der Waals surface area contributed by atoms with E-state index < -0.39 is 15.1 Å². The van der Waals surface area contributed by atoms with Gasteiger partial charge in [-0.05, 0) is 47.4 Å². The van der Waals surface area contributed by atoms with Crippen molar-refractivity contribution in [3.05, 3.63) is 29.8 Å². The molecule has 8 nitrogen and oxygen atoms in total. The summed E-state index contributed by atoms with van der Waals surface area (Å²) in [7, 11) is -3.03. The third-order valence-corrected chi connectivity index (χ3v) is 7.28. The van der Waals surface area contributed by atoms with Gasteiger partial charge in [-0.25, -0.2) is 8.42 Å². The van der Waals surface area contributed by atoms with Gasteiger partial charge in [0.25, 0.3) is 0 Å². The average molecular weight is 410 g/mol. The van der Waals surface area contributed by atoms with Crippen LogP contribution in [0, 0.1) is 0 Å². The van der Waals surface area contributed by atoms with Gasteiger partial charge in [0, 0.05) is 6.04 Å². The molecule has 1 amide bonds. The van der Waals surface area contributed by atoms with Gasteiger partial charge in [0.2, 0.25) is 11.1 Å². The molecule has 0 saturated carbocycles. The first-order valence-corrected chi connectivity index (χ1v) is 11.5. The number of nitrogens with one attached hydrogen (secondary N) is 1. The number of hydrogen-bond acceptors (Lipinski definition) is 7. The lowest BCUT2D eigenvalue weighted by atomic mass is 10.0. The Morgan fingerprint density at radius 1 is 1.26 bits per heavy atom. The van der Waals surface area contributed by atoms with E-state index in [1.54, 1.807) is 11.6 Å². The lowest BCUT2D eigenvalue weighted by Crippen LogP contribution is -2.40. The molecule has 1 aromatic carbocycles. The van der Waals surface area contributed by atoms with Crippen molar-refractivity contribution in [2.75, 3.05) is 11.5 Å². The molecule has 1 aliphatic heterocycles. The molecule has 2 aromatic rings. The second-order valence-corrected chi connectivity index (χ2v) is 10.5. The minimum Gasteiger partial charge on any atom is -0.351 e. The molecule has 146 valence electrons. The lowest BCUT2D eigenvalue weighted by molar-refractivity contribution is -0.120. The topological polar surface area (TPSA) is 107 Å². The second-order valence-electron chi connectivity index (χ2n) is 6.99. The zero-order chi connectivity index (χ0) is 19.6. The van der Waals surface area contributed by atoms with Crippen molar-refractivity contribution >= 4 is 27.5 Å². The molecule has 2 heterocycles. The smallest absolute Gasteiger partial charge is 0.233 e. The quantitative estimate of drug-likeness (QED) is 0.722. The summed E-state index contributed by atoms with van der Waals surface area (Å²) in [6.07, 6.45) is 0.464. The van der Waals surface area contributed by atoms with E-state index in [2.05, 4.69) is 34.7 Å². The second kappa shape index (κ2) is 7.97. The summed E-state index contributed by atoms with van der Waals surface area (Å²) in [4.78, 5) is 12.4. The summed E-state index contributed by atoms with van der Waals surface area (Å²) in [6.45, 7) is 6.01. The van der Waals surface area contributed by atoms with Crippen LogP contribution in [-0.2, 0) is 14.6 Å². The number of nitrogens with zero attached hydrogens (tertiary/aromatic N) is 4. The Hall–Kier alpha value is -1.94. The van der Waals surface area contributed by atoms with Crippen LogP contribution in [-0.4, -0.2) is 57.3 Å². The first-order valence-electron chi connectivity index (χ1n) is 8.81. The normalized spacial score (nSPS) is 19.9. The zero-order valence-electron chi connectivity index (χ0n) is 15.5. The van der Waals surface area contributed by atoms with Crippen LogP contribution in [0.15, 0.2) is 29.4 Å². The fraction of sp³-hybridized carbons (Fsp3) is 0.529. The van der Waals surface area contributed by atoms with Crippen LogP contribution in [0.3, 0.4) is 0 Å². The average Bonchev–Trinajstić information content (AvgIpc) is 3.20. The highest BCUT2D eigenvalue weighted by Gasteiger charge is 2.30. The number of tetrazole rings is 1. The minimum absolute atomic E-state index is 0.00998. The van der Waals surface area contributed by atoms with Gasteiger partial charge in [-0.3, -0.25) is 4.79 Å². The van der Waals surface area contributed by atoms with Crippen LogP contribution in [0.25, 0.3) is 5.69 Å². The van der Waals surface area contributed by atoms with Crippen LogP contribution in [0.2, 0.25) is 0 Å². The molecule has 0 unspecified atom stereocenters. The molecule has 0 aliphatic carbocycles. The van der Waals surface area contributed by atoms with Crippen LogP contribution < -0.4 is 5.32 Å². The fourth-order valence-electron chi connectivity index (χ4n) is 2.85. The summed E-state index contributed by atoms with van der Waals surface area (Å²) in [5.74, 6) is 0.358. The Labute approximate surface area is 163 Å². The number of benzene rings is 1. The fourth-order valence-corrected chi connectivity index (χ4v) is 5.34. The molecule has 10 heteroatoms. The molecular formula is C17H23N5O3S2. The number of thioether (sulfide) groups is 1. The van der Waals surface area contributed by atoms with E-state index in [4.69, 9.17) is 0 Å². The van der Waals surface area contributed by atoms with Crippen LogP contribution in [0.4, 0.5) is 0 Å². The van der Waals surface area contributed by atoms with Gasteiger partial charge in [-0.2, -0.15) is 4.68 Å². The molecule has 0 bridgehead atoms. The van der Waals surface area contributed by atoms with Gasteiger partial charge in [0.1, 0.15) is 0 Å². The van der Waals surface area contributed by atoms with Gasteiger partial charge in [-0.15, -0.1) is 5.10 Å². The highest BCUT2D eigenvalue weighted by Crippen LogP contribution is 2.24. The maximum atomic E-state index is 12.4. The van der Waals surface area contributed by atoms with E-state index in [-0.39, 0.29) is 23.5 Å². The lowest BCUT2D eigenvalue weighted by Gasteiger charge is -2.15. The molecule has 1 aliphatic rings. The van der Waals surface area contributed by atoms with E-state index in [0.717, 1.165) is 5.69 Å². The molecule has 1 saturated heterocycles. The Morgan fingerprint density at radius 2 is 1.96 bits per heavy atom. The van der Waals surface area contributed by atoms with Crippen molar-refractivity contribution in [3.63, 3.8) is 0 Å². The summed E-state index contributed by atoms with van der Waals surface area (Å²) < 4.78 is 24.7. The number of sulfone groups is 1. The molecule has 3 rings (SSSR count). The Balaban J connectivity index is 1.66. The predicted octanol–water partition coefficient (Wildman–Crippen LogP) is 1.57. The predicted molar refractivity (Wildman–Crippen MR) is 104 cm³/mol. The van der Waals surface area contributed by atoms with E-state index in [9.17, 15) is 13.2 Å². The Bertz CT molecular complexity index is 909. The number of carbonyl (C=O) groups is 1. The summed E-state index contributed by atoms with van der Waals surface area (Å²) in [5.41, 5.74) is 2.04. The van der Waals surface area contributed by atoms with Crippen molar-refractivity contribution < 1.29 is 13.2 Å². The van der Waals surface area contributed by atoms with Crippen LogP contribution >= 0.6 is 11.8 Å².